The second-order valence-corrected chi connectivity index (χ2v) is 3.99. The Kier molecular flexibility index (Phi) is 13.7. The first-order valence-electron chi connectivity index (χ1n) is 5.72. The molecular weight excluding hydrogens is 156 g/mol. The van der Waals surface area contributed by atoms with Crippen molar-refractivity contribution in [1.82, 2.24) is 0 Å². The Hall–Kier alpha value is -0.260. The average molecular weight is 184 g/mol. The van der Waals surface area contributed by atoms with Crippen molar-refractivity contribution in [2.75, 3.05) is 0 Å². The lowest BCUT2D eigenvalue weighted by Gasteiger charge is -1.79. The van der Waals surface area contributed by atoms with E-state index in [1.807, 2.05) is 6.92 Å². The van der Waals surface area contributed by atoms with Crippen molar-refractivity contribution in [3.8, 4) is 0 Å². The number of allylic oxidation sites excluding steroid dienone is 1. The van der Waals surface area contributed by atoms with E-state index < -0.39 is 0 Å². The van der Waals surface area contributed by atoms with Crippen molar-refractivity contribution in [2.45, 2.75) is 66.7 Å². The minimum atomic E-state index is 1.08. The summed E-state index contributed by atoms with van der Waals surface area (Å²) in [5, 5.41) is 0. The van der Waals surface area contributed by atoms with E-state index in [0.717, 1.165) is 12.3 Å². The van der Waals surface area contributed by atoms with Gasteiger partial charge in [-0.15, -0.1) is 6.58 Å². The van der Waals surface area contributed by atoms with E-state index in [9.17, 15) is 0 Å². The normalized spacial score (nSPS) is 13.3. The molecule has 0 unspecified atom stereocenters. The Morgan fingerprint density at radius 1 is 1.15 bits per heavy atom. The summed E-state index contributed by atoms with van der Waals surface area (Å²) in [5.41, 5.74) is 1.25. The average Bonchev–Trinajstić information content (AvgIpc) is 2.89. The van der Waals surface area contributed by atoms with Crippen molar-refractivity contribution in [3.05, 3.63) is 12.2 Å². The van der Waals surface area contributed by atoms with Gasteiger partial charge in [0, 0.05) is 0 Å². The summed E-state index contributed by atoms with van der Waals surface area (Å²) < 4.78 is 0. The molecule has 13 heavy (non-hydrogen) atoms. The Balaban J connectivity index is 0. The van der Waals surface area contributed by atoms with Crippen LogP contribution in [0.4, 0.5) is 0 Å². The Morgan fingerprint density at radius 2 is 1.38 bits per heavy atom. The molecule has 0 nitrogen and oxygen atoms in total. The van der Waals surface area contributed by atoms with Crippen LogP contribution < -0.4 is 0 Å². The zero-order chi connectivity index (χ0) is 10.7. The first-order chi connectivity index (χ1) is 6.08. The summed E-state index contributed by atoms with van der Waals surface area (Å²) >= 11 is 0. The monoisotopic (exact) mass is 184 g/mol. The van der Waals surface area contributed by atoms with Crippen LogP contribution in [-0.2, 0) is 0 Å². The molecule has 0 aromatic heterocycles. The molecule has 0 heterocycles. The minimum Gasteiger partial charge on any atom is -0.100 e. The molecule has 0 saturated heterocycles. The number of rotatable bonds is 2. The number of hydrogen-bond donors (Lipinski definition) is 0. The Morgan fingerprint density at radius 3 is 1.38 bits per heavy atom. The lowest BCUT2D eigenvalue weighted by atomic mass is 10.3. The predicted molar refractivity (Wildman–Crippen MR) is 64.1 cm³/mol. The van der Waals surface area contributed by atoms with Crippen LogP contribution in [0.15, 0.2) is 12.2 Å². The van der Waals surface area contributed by atoms with Gasteiger partial charge in [-0.2, -0.15) is 0 Å². The molecule has 0 spiro atoms. The molecule has 80 valence electrons. The van der Waals surface area contributed by atoms with Gasteiger partial charge in [-0.25, -0.2) is 0 Å². The van der Waals surface area contributed by atoms with Gasteiger partial charge < -0.3 is 0 Å². The van der Waals surface area contributed by atoms with Crippen LogP contribution in [0, 0.1) is 5.92 Å². The maximum Gasteiger partial charge on any atom is -0.0354 e. The molecule has 0 atom stereocenters. The topological polar surface area (TPSA) is 0 Å². The number of hydrogen-bond acceptors (Lipinski definition) is 0. The van der Waals surface area contributed by atoms with Crippen LogP contribution in [-0.4, -0.2) is 0 Å². The molecule has 0 heteroatoms. The van der Waals surface area contributed by atoms with Crippen molar-refractivity contribution >= 4 is 0 Å². The van der Waals surface area contributed by atoms with Crippen molar-refractivity contribution in [1.29, 1.82) is 0 Å². The molecule has 1 fully saturated rings. The summed E-state index contributed by atoms with van der Waals surface area (Å²) in [6.07, 6.45) is 6.72. The zero-order valence-corrected chi connectivity index (χ0v) is 10.3. The van der Waals surface area contributed by atoms with E-state index in [1.54, 1.807) is 0 Å². The molecule has 0 radical (unpaired) electrons. The highest BCUT2D eigenvalue weighted by Crippen LogP contribution is 2.26. The van der Waals surface area contributed by atoms with Gasteiger partial charge in [0.1, 0.15) is 0 Å². The Labute approximate surface area is 85.4 Å². The predicted octanol–water partition coefficient (Wildman–Crippen LogP) is 5.20. The molecule has 0 aliphatic heterocycles. The molecule has 1 aliphatic carbocycles. The van der Waals surface area contributed by atoms with Gasteiger partial charge in [0.15, 0.2) is 0 Å². The van der Waals surface area contributed by atoms with E-state index in [4.69, 9.17) is 0 Å². The van der Waals surface area contributed by atoms with Gasteiger partial charge in [0.25, 0.3) is 0 Å². The van der Waals surface area contributed by atoms with Gasteiger partial charge in [0.05, 0.1) is 0 Å². The standard InChI is InChI=1S/C5H10.C4H8.C4H10/c1-4-5(2)3;1-4-2-3-4;1-3-4-2/h2,4H2,1,3H3;4H,2-3H2,1H3;3-4H2,1-2H3. The summed E-state index contributed by atoms with van der Waals surface area (Å²) in [5.74, 6) is 1.08. The molecule has 0 aromatic rings. The quantitative estimate of drug-likeness (QED) is 0.518. The zero-order valence-electron chi connectivity index (χ0n) is 10.3. The molecular formula is C13H28. The first-order valence-corrected chi connectivity index (χ1v) is 5.72. The van der Waals surface area contributed by atoms with Gasteiger partial charge in [-0.3, -0.25) is 0 Å². The highest BCUT2D eigenvalue weighted by atomic mass is 14.2. The number of unbranched alkanes of at least 4 members (excludes halogenated alkanes) is 1. The fraction of sp³-hybridized carbons (Fsp3) is 0.846. The van der Waals surface area contributed by atoms with E-state index in [0.29, 0.717) is 0 Å². The van der Waals surface area contributed by atoms with Crippen LogP contribution in [0.2, 0.25) is 0 Å². The van der Waals surface area contributed by atoms with E-state index in [-0.39, 0.29) is 0 Å². The maximum absolute atomic E-state index is 3.67. The van der Waals surface area contributed by atoms with Gasteiger partial charge >= 0.3 is 0 Å². The van der Waals surface area contributed by atoms with Crippen LogP contribution in [0.25, 0.3) is 0 Å². The highest BCUT2D eigenvalue weighted by molar-refractivity contribution is 4.84. The smallest absolute Gasteiger partial charge is 0.0354 e. The first kappa shape index (κ1) is 15.2. The van der Waals surface area contributed by atoms with E-state index in [2.05, 4.69) is 34.3 Å². The molecule has 0 bridgehead atoms. The third kappa shape index (κ3) is 33.8. The summed E-state index contributed by atoms with van der Waals surface area (Å²) in [6.45, 7) is 14.4. The largest absolute Gasteiger partial charge is 0.100 e. The molecule has 0 N–H and O–H groups in total. The second-order valence-electron chi connectivity index (χ2n) is 3.99. The molecule has 1 saturated carbocycles. The maximum atomic E-state index is 3.67. The SMILES string of the molecule is C=C(C)CC.CC1CC1.CCCC. The van der Waals surface area contributed by atoms with Gasteiger partial charge in [-0.1, -0.05) is 59.0 Å². The molecule has 0 aromatic carbocycles. The van der Waals surface area contributed by atoms with Gasteiger partial charge in [-0.05, 0) is 19.3 Å². The fourth-order valence-electron chi connectivity index (χ4n) is 0.167. The van der Waals surface area contributed by atoms with E-state index >= 15 is 0 Å². The van der Waals surface area contributed by atoms with Crippen molar-refractivity contribution in [2.24, 2.45) is 5.92 Å². The third-order valence-corrected chi connectivity index (χ3v) is 1.97. The van der Waals surface area contributed by atoms with Crippen LogP contribution in [0.1, 0.15) is 66.7 Å². The van der Waals surface area contributed by atoms with Gasteiger partial charge in [0.2, 0.25) is 0 Å². The minimum absolute atomic E-state index is 1.08. The molecule has 0 amide bonds. The Bertz CT molecular complexity index is 96.6. The lowest BCUT2D eigenvalue weighted by Crippen LogP contribution is -1.58. The summed E-state index contributed by atoms with van der Waals surface area (Å²) in [7, 11) is 0. The summed E-state index contributed by atoms with van der Waals surface area (Å²) in [6, 6.07) is 0. The van der Waals surface area contributed by atoms with Crippen LogP contribution in [0.5, 0.6) is 0 Å². The van der Waals surface area contributed by atoms with Crippen molar-refractivity contribution in [3.63, 3.8) is 0 Å². The second kappa shape index (κ2) is 11.7. The van der Waals surface area contributed by atoms with Crippen molar-refractivity contribution < 1.29 is 0 Å². The molecule has 1 rings (SSSR count). The lowest BCUT2D eigenvalue weighted by molar-refractivity contribution is 0.886. The van der Waals surface area contributed by atoms with Crippen LogP contribution in [0.3, 0.4) is 0 Å². The van der Waals surface area contributed by atoms with E-state index in [1.165, 1.54) is 31.3 Å². The summed E-state index contributed by atoms with van der Waals surface area (Å²) in [4.78, 5) is 0. The third-order valence-electron chi connectivity index (χ3n) is 1.97. The molecule has 1 aliphatic rings. The van der Waals surface area contributed by atoms with Crippen LogP contribution >= 0.6 is 0 Å². The fourth-order valence-corrected chi connectivity index (χ4v) is 0.167. The highest BCUT2D eigenvalue weighted by Gasteiger charge is 2.12.